The third-order valence-corrected chi connectivity index (χ3v) is 8.49. The van der Waals surface area contributed by atoms with Gasteiger partial charge in [0.15, 0.2) is 9.84 Å². The molecule has 2 aliphatic rings. The summed E-state index contributed by atoms with van der Waals surface area (Å²) < 4.78 is 27.3. The van der Waals surface area contributed by atoms with Crippen LogP contribution in [0.5, 0.6) is 0 Å². The maximum Gasteiger partial charge on any atom is 0.257 e. The summed E-state index contributed by atoms with van der Waals surface area (Å²) >= 11 is 0. The molecular formula is C20H25N3O3S. The summed E-state index contributed by atoms with van der Waals surface area (Å²) in [5.74, 6) is -0.134. The van der Waals surface area contributed by atoms with Crippen molar-refractivity contribution in [2.24, 2.45) is 0 Å². The van der Waals surface area contributed by atoms with E-state index in [-0.39, 0.29) is 11.2 Å². The quantitative estimate of drug-likeness (QED) is 0.809. The number of amides is 1. The molecule has 1 aliphatic heterocycles. The molecule has 7 heteroatoms. The van der Waals surface area contributed by atoms with E-state index in [0.717, 1.165) is 43.5 Å². The SMILES string of the molecule is Cc1c(C(=O)N2CC(S(=O)(=O)C3CCCCC3)C2)cnn1-c1ccccc1. The highest BCUT2D eigenvalue weighted by atomic mass is 32.2. The minimum absolute atomic E-state index is 0.134. The summed E-state index contributed by atoms with van der Waals surface area (Å²) in [6.45, 7) is 2.46. The molecule has 1 aliphatic carbocycles. The van der Waals surface area contributed by atoms with Crippen molar-refractivity contribution in [3.05, 3.63) is 47.8 Å². The second-order valence-electron chi connectivity index (χ2n) is 7.57. The zero-order chi connectivity index (χ0) is 19.0. The average molecular weight is 388 g/mol. The number of hydrogen-bond acceptors (Lipinski definition) is 4. The number of rotatable bonds is 4. The first-order valence-electron chi connectivity index (χ1n) is 9.60. The van der Waals surface area contributed by atoms with Crippen molar-refractivity contribution in [1.82, 2.24) is 14.7 Å². The van der Waals surface area contributed by atoms with Gasteiger partial charge in [-0.1, -0.05) is 37.5 Å². The Morgan fingerprint density at radius 1 is 1.04 bits per heavy atom. The summed E-state index contributed by atoms with van der Waals surface area (Å²) in [6, 6.07) is 9.65. The number of carbonyl (C=O) groups excluding carboxylic acids is 1. The van der Waals surface area contributed by atoms with Crippen LogP contribution in [0.4, 0.5) is 0 Å². The minimum atomic E-state index is -3.14. The van der Waals surface area contributed by atoms with Crippen LogP contribution < -0.4 is 0 Å². The Bertz CT molecular complexity index is 925. The number of hydrogen-bond donors (Lipinski definition) is 0. The van der Waals surface area contributed by atoms with E-state index in [1.807, 2.05) is 37.3 Å². The van der Waals surface area contributed by atoms with Gasteiger partial charge in [0.1, 0.15) is 0 Å². The molecule has 0 atom stereocenters. The van der Waals surface area contributed by atoms with Crippen molar-refractivity contribution in [2.45, 2.75) is 49.5 Å². The molecule has 0 spiro atoms. The van der Waals surface area contributed by atoms with Gasteiger partial charge in [-0.15, -0.1) is 0 Å². The fourth-order valence-corrected chi connectivity index (χ4v) is 6.41. The molecule has 1 saturated carbocycles. The molecule has 0 radical (unpaired) electrons. The molecular weight excluding hydrogens is 362 g/mol. The lowest BCUT2D eigenvalue weighted by Gasteiger charge is -2.40. The van der Waals surface area contributed by atoms with Crippen molar-refractivity contribution in [2.75, 3.05) is 13.1 Å². The molecule has 2 aromatic rings. The molecule has 27 heavy (non-hydrogen) atoms. The van der Waals surface area contributed by atoms with Crippen LogP contribution in [0.25, 0.3) is 5.69 Å². The predicted octanol–water partition coefficient (Wildman–Crippen LogP) is 2.75. The van der Waals surface area contributed by atoms with Gasteiger partial charge in [0.2, 0.25) is 0 Å². The monoisotopic (exact) mass is 387 g/mol. The Labute approximate surface area is 160 Å². The van der Waals surface area contributed by atoms with Crippen LogP contribution in [-0.2, 0) is 9.84 Å². The topological polar surface area (TPSA) is 72.3 Å². The molecule has 1 aromatic carbocycles. The number of aromatic nitrogens is 2. The van der Waals surface area contributed by atoms with Crippen molar-refractivity contribution >= 4 is 15.7 Å². The molecule has 4 rings (SSSR count). The molecule has 0 bridgehead atoms. The number of likely N-dealkylation sites (tertiary alicyclic amines) is 1. The first kappa shape index (κ1) is 18.2. The molecule has 1 amide bonds. The molecule has 6 nitrogen and oxygen atoms in total. The Balaban J connectivity index is 1.44. The Morgan fingerprint density at radius 3 is 2.37 bits per heavy atom. The third kappa shape index (κ3) is 3.29. The Morgan fingerprint density at radius 2 is 1.70 bits per heavy atom. The van der Waals surface area contributed by atoms with Crippen molar-refractivity contribution in [3.63, 3.8) is 0 Å². The number of nitrogens with zero attached hydrogens (tertiary/aromatic N) is 3. The van der Waals surface area contributed by atoms with E-state index in [1.54, 1.807) is 15.8 Å². The first-order valence-corrected chi connectivity index (χ1v) is 11.2. The lowest BCUT2D eigenvalue weighted by Crippen LogP contribution is -2.58. The summed E-state index contributed by atoms with van der Waals surface area (Å²) in [5.41, 5.74) is 2.20. The molecule has 1 saturated heterocycles. The van der Waals surface area contributed by atoms with Gasteiger partial charge in [-0.3, -0.25) is 4.79 Å². The fourth-order valence-electron chi connectivity index (χ4n) is 4.10. The normalized spacial score (nSPS) is 19.1. The zero-order valence-corrected chi connectivity index (χ0v) is 16.4. The minimum Gasteiger partial charge on any atom is -0.336 e. The Kier molecular flexibility index (Phi) is 4.80. The number of benzene rings is 1. The lowest BCUT2D eigenvalue weighted by atomic mass is 10.0. The third-order valence-electron chi connectivity index (χ3n) is 5.86. The molecule has 0 N–H and O–H groups in total. The van der Waals surface area contributed by atoms with Gasteiger partial charge < -0.3 is 4.90 Å². The smallest absolute Gasteiger partial charge is 0.257 e. The van der Waals surface area contributed by atoms with Crippen molar-refractivity contribution in [3.8, 4) is 5.69 Å². The maximum absolute atomic E-state index is 12.8. The van der Waals surface area contributed by atoms with Gasteiger partial charge >= 0.3 is 0 Å². The van der Waals surface area contributed by atoms with E-state index in [2.05, 4.69) is 5.10 Å². The van der Waals surface area contributed by atoms with Crippen LogP contribution in [0.2, 0.25) is 0 Å². The van der Waals surface area contributed by atoms with Crippen LogP contribution in [-0.4, -0.2) is 52.6 Å². The summed E-state index contributed by atoms with van der Waals surface area (Å²) in [5, 5.41) is 3.72. The van der Waals surface area contributed by atoms with Gasteiger partial charge in [-0.05, 0) is 31.9 Å². The van der Waals surface area contributed by atoms with Crippen LogP contribution in [0.1, 0.15) is 48.2 Å². The first-order chi connectivity index (χ1) is 13.0. The zero-order valence-electron chi connectivity index (χ0n) is 15.5. The van der Waals surface area contributed by atoms with Crippen molar-refractivity contribution < 1.29 is 13.2 Å². The van der Waals surface area contributed by atoms with Crippen molar-refractivity contribution in [1.29, 1.82) is 0 Å². The summed E-state index contributed by atoms with van der Waals surface area (Å²) in [4.78, 5) is 14.4. The number of para-hydroxylation sites is 1. The van der Waals surface area contributed by atoms with Crippen LogP contribution in [0, 0.1) is 6.92 Å². The van der Waals surface area contributed by atoms with Gasteiger partial charge in [0.05, 0.1) is 33.6 Å². The van der Waals surface area contributed by atoms with E-state index in [0.29, 0.717) is 18.7 Å². The lowest BCUT2D eigenvalue weighted by molar-refractivity contribution is 0.0657. The maximum atomic E-state index is 12.8. The number of carbonyl (C=O) groups is 1. The van der Waals surface area contributed by atoms with E-state index in [4.69, 9.17) is 0 Å². The van der Waals surface area contributed by atoms with E-state index >= 15 is 0 Å². The van der Waals surface area contributed by atoms with Gasteiger partial charge in [-0.2, -0.15) is 5.10 Å². The average Bonchev–Trinajstić information content (AvgIpc) is 3.03. The highest BCUT2D eigenvalue weighted by molar-refractivity contribution is 7.92. The molecule has 1 aromatic heterocycles. The van der Waals surface area contributed by atoms with Crippen LogP contribution >= 0.6 is 0 Å². The highest BCUT2D eigenvalue weighted by Crippen LogP contribution is 2.30. The fraction of sp³-hybridized carbons (Fsp3) is 0.500. The van der Waals surface area contributed by atoms with Gasteiger partial charge in [0, 0.05) is 13.1 Å². The molecule has 144 valence electrons. The number of sulfone groups is 1. The van der Waals surface area contributed by atoms with E-state index < -0.39 is 15.1 Å². The van der Waals surface area contributed by atoms with Gasteiger partial charge in [0.25, 0.3) is 5.91 Å². The highest BCUT2D eigenvalue weighted by Gasteiger charge is 2.44. The molecule has 2 fully saturated rings. The van der Waals surface area contributed by atoms with Crippen LogP contribution in [0.15, 0.2) is 36.5 Å². The predicted molar refractivity (Wildman–Crippen MR) is 104 cm³/mol. The van der Waals surface area contributed by atoms with Gasteiger partial charge in [-0.25, -0.2) is 13.1 Å². The standard InChI is InChI=1S/C20H25N3O3S/c1-15-19(12-21-23(15)16-8-4-2-5-9-16)20(24)22-13-18(14-22)27(25,26)17-10-6-3-7-11-17/h2,4-5,8-9,12,17-18H,3,6-7,10-11,13-14H2,1H3. The van der Waals surface area contributed by atoms with E-state index in [9.17, 15) is 13.2 Å². The summed E-state index contributed by atoms with van der Waals surface area (Å²) in [6.07, 6.45) is 6.25. The molecule has 2 heterocycles. The molecule has 0 unspecified atom stereocenters. The summed E-state index contributed by atoms with van der Waals surface area (Å²) in [7, 11) is -3.14. The van der Waals surface area contributed by atoms with Crippen LogP contribution in [0.3, 0.4) is 0 Å². The Hall–Kier alpha value is -2.15. The largest absolute Gasteiger partial charge is 0.336 e. The second kappa shape index (κ2) is 7.11. The second-order valence-corrected chi connectivity index (χ2v) is 10.1. The van der Waals surface area contributed by atoms with E-state index in [1.165, 1.54) is 0 Å².